The highest BCUT2D eigenvalue weighted by Crippen LogP contribution is 2.25. The Hall–Kier alpha value is -4.00. The number of carbonyl (C=O) groups is 2. The molecule has 4 heterocycles. The Morgan fingerprint density at radius 1 is 0.714 bits per heavy atom. The summed E-state index contributed by atoms with van der Waals surface area (Å²) in [6.07, 6.45) is 3.32. The number of carbonyl (C=O) groups excluding carboxylic acids is 1. The molecule has 0 saturated heterocycles. The van der Waals surface area contributed by atoms with Crippen LogP contribution in [0.25, 0.3) is 33.4 Å². The standard InChI is InChI=1S/C14H11IN4O2.C14H10IN3O3/c15-9-3-4-17-12(6-9)19-11-2-1-8(7-20)5-10(11)13(18-19)14(16)21;15-9-3-4-16-12(6-9)18-11-2-1-8(7-19)5-10(11)13(17-18)14(20)21/h1-6,20H,7H2,(H2,16,21);1-6,19H,7H2,(H,20,21). The average Bonchev–Trinajstić information content (AvgIpc) is 3.56. The van der Waals surface area contributed by atoms with Gasteiger partial charge in [0.1, 0.15) is 0 Å². The van der Waals surface area contributed by atoms with Gasteiger partial charge in [0.2, 0.25) is 0 Å². The summed E-state index contributed by atoms with van der Waals surface area (Å²) >= 11 is 4.34. The smallest absolute Gasteiger partial charge is 0.357 e. The van der Waals surface area contributed by atoms with Gasteiger partial charge in [-0.2, -0.15) is 10.2 Å². The van der Waals surface area contributed by atoms with E-state index in [0.717, 1.165) is 12.7 Å². The third-order valence-electron chi connectivity index (χ3n) is 6.14. The quantitative estimate of drug-likeness (QED) is 0.182. The molecule has 2 aromatic carbocycles. The van der Waals surface area contributed by atoms with E-state index in [-0.39, 0.29) is 24.6 Å². The monoisotopic (exact) mass is 789 g/mol. The van der Waals surface area contributed by atoms with Crippen molar-refractivity contribution in [2.75, 3.05) is 0 Å². The molecule has 0 bridgehead atoms. The third-order valence-corrected chi connectivity index (χ3v) is 7.48. The fourth-order valence-corrected chi connectivity index (χ4v) is 5.11. The number of aliphatic hydroxyl groups excluding tert-OH is 2. The Morgan fingerprint density at radius 3 is 1.57 bits per heavy atom. The van der Waals surface area contributed by atoms with Crippen LogP contribution in [-0.4, -0.2) is 56.7 Å². The second-order valence-electron chi connectivity index (χ2n) is 8.87. The van der Waals surface area contributed by atoms with Crippen LogP contribution in [0.1, 0.15) is 32.1 Å². The van der Waals surface area contributed by atoms with Crippen LogP contribution in [-0.2, 0) is 13.2 Å². The first-order valence-electron chi connectivity index (χ1n) is 12.2. The van der Waals surface area contributed by atoms with Crippen LogP contribution >= 0.6 is 45.2 Å². The van der Waals surface area contributed by atoms with Crippen LogP contribution < -0.4 is 5.73 Å². The summed E-state index contributed by atoms with van der Waals surface area (Å²) in [4.78, 5) is 31.5. The molecule has 0 saturated carbocycles. The molecule has 0 atom stereocenters. The first-order chi connectivity index (χ1) is 20.2. The number of carboxylic acids is 1. The first-order valence-corrected chi connectivity index (χ1v) is 14.4. The van der Waals surface area contributed by atoms with Crippen molar-refractivity contribution in [3.63, 3.8) is 0 Å². The van der Waals surface area contributed by atoms with Gasteiger partial charge in [-0.25, -0.2) is 24.1 Å². The number of benzene rings is 2. The van der Waals surface area contributed by atoms with Crippen molar-refractivity contribution in [2.45, 2.75) is 13.2 Å². The third kappa shape index (κ3) is 5.96. The predicted octanol–water partition coefficient (Wildman–Crippen LogP) is 3.83. The van der Waals surface area contributed by atoms with Gasteiger partial charge in [-0.05, 0) is 105 Å². The molecule has 4 aromatic heterocycles. The fourth-order valence-electron chi connectivity index (χ4n) is 4.24. The van der Waals surface area contributed by atoms with E-state index < -0.39 is 11.9 Å². The van der Waals surface area contributed by atoms with Gasteiger partial charge in [-0.15, -0.1) is 0 Å². The van der Waals surface area contributed by atoms with Gasteiger partial charge in [-0.1, -0.05) is 12.1 Å². The second-order valence-corrected chi connectivity index (χ2v) is 11.4. The predicted molar refractivity (Wildman–Crippen MR) is 170 cm³/mol. The van der Waals surface area contributed by atoms with Gasteiger partial charge < -0.3 is 21.1 Å². The maximum Gasteiger partial charge on any atom is 0.357 e. The maximum atomic E-state index is 11.6. The lowest BCUT2D eigenvalue weighted by Gasteiger charge is -2.03. The first kappa shape index (κ1) is 29.5. The Balaban J connectivity index is 0.000000168. The van der Waals surface area contributed by atoms with Crippen LogP contribution in [0.15, 0.2) is 73.1 Å². The summed E-state index contributed by atoms with van der Waals surface area (Å²) in [6, 6.07) is 17.8. The molecule has 0 radical (unpaired) electrons. The number of fused-ring (bicyclic) bond motifs is 2. The second kappa shape index (κ2) is 12.5. The number of halogens is 2. The van der Waals surface area contributed by atoms with Gasteiger partial charge in [-0.3, -0.25) is 4.79 Å². The van der Waals surface area contributed by atoms with Crippen LogP contribution in [0.3, 0.4) is 0 Å². The van der Waals surface area contributed by atoms with E-state index in [1.165, 1.54) is 4.68 Å². The Labute approximate surface area is 265 Å². The molecule has 0 fully saturated rings. The number of pyridine rings is 2. The lowest BCUT2D eigenvalue weighted by Crippen LogP contribution is -2.12. The molecule has 42 heavy (non-hydrogen) atoms. The highest BCUT2D eigenvalue weighted by Gasteiger charge is 2.19. The van der Waals surface area contributed by atoms with Gasteiger partial charge in [0, 0.05) is 30.3 Å². The molecule has 0 aliphatic heterocycles. The number of nitrogens with zero attached hydrogens (tertiary/aromatic N) is 6. The molecule has 12 nitrogen and oxygen atoms in total. The van der Waals surface area contributed by atoms with E-state index in [9.17, 15) is 24.9 Å². The Bertz CT molecular complexity index is 1830. The van der Waals surface area contributed by atoms with Crippen molar-refractivity contribution < 1.29 is 24.9 Å². The van der Waals surface area contributed by atoms with E-state index >= 15 is 0 Å². The molecular formula is C28H21I2N7O5. The molecule has 1 amide bonds. The summed E-state index contributed by atoms with van der Waals surface area (Å²) in [6.45, 7) is -0.261. The lowest BCUT2D eigenvalue weighted by molar-refractivity contribution is 0.0691. The van der Waals surface area contributed by atoms with Crippen molar-refractivity contribution in [1.29, 1.82) is 0 Å². The molecule has 0 aliphatic rings. The summed E-state index contributed by atoms with van der Waals surface area (Å²) in [5.41, 5.74) is 8.20. The summed E-state index contributed by atoms with van der Waals surface area (Å²) in [7, 11) is 0. The van der Waals surface area contributed by atoms with Gasteiger partial charge in [0.05, 0.1) is 24.2 Å². The van der Waals surface area contributed by atoms with Crippen molar-refractivity contribution in [3.05, 3.63) is 103 Å². The van der Waals surface area contributed by atoms with E-state index in [2.05, 4.69) is 65.3 Å². The van der Waals surface area contributed by atoms with Crippen LogP contribution in [0.5, 0.6) is 0 Å². The molecular weight excluding hydrogens is 768 g/mol. The molecule has 0 spiro atoms. The Morgan fingerprint density at radius 2 is 1.17 bits per heavy atom. The zero-order chi connectivity index (χ0) is 30.0. The fraction of sp³-hybridized carbons (Fsp3) is 0.0714. The minimum Gasteiger partial charge on any atom is -0.476 e. The van der Waals surface area contributed by atoms with Gasteiger partial charge in [0.25, 0.3) is 5.91 Å². The SMILES string of the molecule is NC(=O)c1nn(-c2cc(I)ccn2)c2ccc(CO)cc12.O=C(O)c1nn(-c2cc(I)ccn2)c2ccc(CO)cc12. The normalized spacial score (nSPS) is 11.0. The maximum absolute atomic E-state index is 11.6. The molecule has 0 aliphatic carbocycles. The number of amides is 1. The highest BCUT2D eigenvalue weighted by molar-refractivity contribution is 14.1. The van der Waals surface area contributed by atoms with E-state index in [4.69, 9.17) is 5.73 Å². The molecule has 6 aromatic rings. The highest BCUT2D eigenvalue weighted by atomic mass is 127. The number of aliphatic hydroxyl groups is 2. The molecule has 14 heteroatoms. The molecule has 212 valence electrons. The van der Waals surface area contributed by atoms with Gasteiger partial charge >= 0.3 is 5.97 Å². The largest absolute Gasteiger partial charge is 0.476 e. The topological polar surface area (TPSA) is 182 Å². The van der Waals surface area contributed by atoms with Crippen LogP contribution in [0, 0.1) is 7.14 Å². The number of carboxylic acid groups (broad SMARTS) is 1. The average molecular weight is 789 g/mol. The minimum absolute atomic E-state index is 0.0547. The molecule has 6 rings (SSSR count). The number of hydrogen-bond donors (Lipinski definition) is 4. The number of aromatic carboxylic acids is 1. The van der Waals surface area contributed by atoms with Crippen LogP contribution in [0.2, 0.25) is 0 Å². The van der Waals surface area contributed by atoms with Crippen molar-refractivity contribution >= 4 is 78.9 Å². The van der Waals surface area contributed by atoms with Gasteiger partial charge in [0.15, 0.2) is 23.0 Å². The van der Waals surface area contributed by atoms with Crippen molar-refractivity contribution in [2.24, 2.45) is 5.73 Å². The number of rotatable bonds is 6. The summed E-state index contributed by atoms with van der Waals surface area (Å²) in [5.74, 6) is -0.564. The zero-order valence-electron chi connectivity index (χ0n) is 21.5. The number of nitrogens with two attached hydrogens (primary N) is 1. The zero-order valence-corrected chi connectivity index (χ0v) is 25.8. The lowest BCUT2D eigenvalue weighted by atomic mass is 10.1. The summed E-state index contributed by atoms with van der Waals surface area (Å²) in [5, 5.41) is 37.2. The number of primary amides is 1. The van der Waals surface area contributed by atoms with E-state index in [1.54, 1.807) is 53.5 Å². The van der Waals surface area contributed by atoms with Crippen molar-refractivity contribution in [1.82, 2.24) is 29.5 Å². The van der Waals surface area contributed by atoms with Crippen molar-refractivity contribution in [3.8, 4) is 11.6 Å². The molecule has 0 unspecified atom stereocenters. The van der Waals surface area contributed by atoms with E-state index in [1.807, 2.05) is 24.3 Å². The number of aromatic nitrogens is 6. The molecule has 5 N–H and O–H groups in total. The minimum atomic E-state index is -1.11. The Kier molecular flexibility index (Phi) is 8.76. The van der Waals surface area contributed by atoms with Crippen LogP contribution in [0.4, 0.5) is 0 Å². The number of hydrogen-bond acceptors (Lipinski definition) is 8. The summed E-state index contributed by atoms with van der Waals surface area (Å²) < 4.78 is 5.07. The van der Waals surface area contributed by atoms with E-state index in [0.29, 0.717) is 39.1 Å².